The summed E-state index contributed by atoms with van der Waals surface area (Å²) in [5.74, 6) is 4.84. The fourth-order valence-corrected chi connectivity index (χ4v) is 5.15. The van der Waals surface area contributed by atoms with Gasteiger partial charge in [-0.05, 0) is 92.0 Å². The van der Waals surface area contributed by atoms with Gasteiger partial charge in [-0.3, -0.25) is 0 Å². The van der Waals surface area contributed by atoms with E-state index in [0.29, 0.717) is 5.92 Å². The molecular weight excluding hydrogens is 364 g/mol. The van der Waals surface area contributed by atoms with Crippen LogP contribution in [0.15, 0.2) is 36.4 Å². The van der Waals surface area contributed by atoms with Crippen molar-refractivity contribution in [1.82, 2.24) is 9.97 Å². The van der Waals surface area contributed by atoms with Crippen molar-refractivity contribution in [2.45, 2.75) is 45.6 Å². The van der Waals surface area contributed by atoms with Crippen molar-refractivity contribution in [3.05, 3.63) is 58.9 Å². The highest BCUT2D eigenvalue weighted by Crippen LogP contribution is 2.34. The Morgan fingerprint density at radius 1 is 1.07 bits per heavy atom. The lowest BCUT2D eigenvalue weighted by Crippen LogP contribution is -2.11. The Kier molecular flexibility index (Phi) is 5.44. The highest BCUT2D eigenvalue weighted by Gasteiger charge is 2.18. The third kappa shape index (κ3) is 4.09. The molecule has 3 N–H and O–H groups in total. The van der Waals surface area contributed by atoms with Crippen LogP contribution in [0, 0.1) is 13.8 Å². The van der Waals surface area contributed by atoms with Crippen LogP contribution in [-0.2, 0) is 0 Å². The van der Waals surface area contributed by atoms with Crippen LogP contribution in [0.1, 0.15) is 54.2 Å². The van der Waals surface area contributed by atoms with Gasteiger partial charge in [-0.1, -0.05) is 12.1 Å². The second-order valence-corrected chi connectivity index (χ2v) is 9.05. The molecule has 1 fully saturated rings. The second kappa shape index (κ2) is 8.00. The fourth-order valence-electron chi connectivity index (χ4n) is 4.04. The molecule has 1 aliphatic rings. The normalized spacial score (nSPS) is 16.2. The quantitative estimate of drug-likeness (QED) is 0.565. The van der Waals surface area contributed by atoms with Gasteiger partial charge in [0.1, 0.15) is 11.6 Å². The maximum atomic E-state index is 6.05. The molecule has 0 aliphatic carbocycles. The van der Waals surface area contributed by atoms with Crippen LogP contribution in [-0.4, -0.2) is 21.5 Å². The number of thioether (sulfide) groups is 1. The monoisotopic (exact) mass is 392 g/mol. The van der Waals surface area contributed by atoms with E-state index in [4.69, 9.17) is 10.7 Å². The zero-order valence-electron chi connectivity index (χ0n) is 16.8. The molecule has 1 saturated heterocycles. The molecule has 0 radical (unpaired) electrons. The summed E-state index contributed by atoms with van der Waals surface area (Å²) >= 11 is 2.06. The van der Waals surface area contributed by atoms with Crippen LogP contribution in [0.3, 0.4) is 0 Å². The van der Waals surface area contributed by atoms with Crippen LogP contribution in [0.4, 0.5) is 11.5 Å². The summed E-state index contributed by atoms with van der Waals surface area (Å²) in [6.45, 7) is 6.18. The van der Waals surface area contributed by atoms with Crippen molar-refractivity contribution in [3.8, 4) is 0 Å². The smallest absolute Gasteiger partial charge is 0.138 e. The molecular formula is C23H28N4S. The lowest BCUT2D eigenvalue weighted by molar-refractivity contribution is 0.638. The average molecular weight is 393 g/mol. The Morgan fingerprint density at radius 2 is 1.86 bits per heavy atom. The van der Waals surface area contributed by atoms with E-state index < -0.39 is 0 Å². The largest absolute Gasteiger partial charge is 0.399 e. The topological polar surface area (TPSA) is 63.8 Å². The summed E-state index contributed by atoms with van der Waals surface area (Å²) in [7, 11) is 0. The molecule has 28 heavy (non-hydrogen) atoms. The molecule has 0 saturated carbocycles. The van der Waals surface area contributed by atoms with E-state index in [-0.39, 0.29) is 6.04 Å². The number of nitrogens with zero attached hydrogens (tertiary/aromatic N) is 2. The van der Waals surface area contributed by atoms with Crippen LogP contribution in [0.25, 0.3) is 10.9 Å². The number of nitrogens with two attached hydrogens (primary N) is 1. The molecule has 1 aliphatic heterocycles. The van der Waals surface area contributed by atoms with Gasteiger partial charge in [-0.2, -0.15) is 11.8 Å². The number of benzene rings is 2. The summed E-state index contributed by atoms with van der Waals surface area (Å²) in [5.41, 5.74) is 11.6. The fraction of sp³-hybridized carbons (Fsp3) is 0.391. The van der Waals surface area contributed by atoms with Gasteiger partial charge in [0, 0.05) is 11.1 Å². The molecule has 146 valence electrons. The van der Waals surface area contributed by atoms with E-state index in [1.165, 1.54) is 41.0 Å². The van der Waals surface area contributed by atoms with Crippen LogP contribution in [0.2, 0.25) is 0 Å². The molecule has 3 aromatic rings. The van der Waals surface area contributed by atoms with Crippen molar-refractivity contribution in [1.29, 1.82) is 0 Å². The molecule has 0 spiro atoms. The van der Waals surface area contributed by atoms with Gasteiger partial charge >= 0.3 is 0 Å². The van der Waals surface area contributed by atoms with Crippen molar-refractivity contribution >= 4 is 34.2 Å². The first-order valence-electron chi connectivity index (χ1n) is 9.99. The number of hydrogen-bond acceptors (Lipinski definition) is 5. The Bertz CT molecular complexity index is 975. The number of nitrogens with one attached hydrogen (secondary N) is 1. The highest BCUT2D eigenvalue weighted by atomic mass is 32.2. The van der Waals surface area contributed by atoms with E-state index in [2.05, 4.69) is 60.2 Å². The Hall–Kier alpha value is -2.27. The van der Waals surface area contributed by atoms with E-state index in [9.17, 15) is 0 Å². The molecule has 1 aromatic heterocycles. The number of hydrogen-bond donors (Lipinski definition) is 2. The number of fused-ring (bicyclic) bond motifs is 1. The van der Waals surface area contributed by atoms with E-state index in [0.717, 1.165) is 28.2 Å². The maximum Gasteiger partial charge on any atom is 0.138 e. The minimum atomic E-state index is 0.106. The van der Waals surface area contributed by atoms with Gasteiger partial charge in [-0.15, -0.1) is 0 Å². The first-order valence-corrected chi connectivity index (χ1v) is 11.1. The van der Waals surface area contributed by atoms with Crippen LogP contribution in [0.5, 0.6) is 0 Å². The SMILES string of the molecule is Cc1cc(N)cc([C@@H](C)Nc2nc(C)nc3ccc(C4CCSCC4)cc23)c1. The average Bonchev–Trinajstić information content (AvgIpc) is 2.67. The van der Waals surface area contributed by atoms with Gasteiger partial charge in [0.25, 0.3) is 0 Å². The minimum absolute atomic E-state index is 0.106. The maximum absolute atomic E-state index is 6.05. The van der Waals surface area contributed by atoms with E-state index in [1.807, 2.05) is 19.1 Å². The number of rotatable bonds is 4. The predicted octanol–water partition coefficient (Wildman–Crippen LogP) is 5.61. The molecule has 0 unspecified atom stereocenters. The zero-order chi connectivity index (χ0) is 19.7. The van der Waals surface area contributed by atoms with Crippen molar-refractivity contribution in [3.63, 3.8) is 0 Å². The summed E-state index contributed by atoms with van der Waals surface area (Å²) in [4.78, 5) is 9.40. The molecule has 5 heteroatoms. The predicted molar refractivity (Wildman–Crippen MR) is 121 cm³/mol. The third-order valence-electron chi connectivity index (χ3n) is 5.50. The standard InChI is InChI=1S/C23H28N4S/c1-14-10-19(12-20(24)11-14)15(2)25-23-21-13-18(17-6-8-28-9-7-17)4-5-22(21)26-16(3)27-23/h4-5,10-13,15,17H,6-9,24H2,1-3H3,(H,25,26,27)/t15-/m1/s1. The van der Waals surface area contributed by atoms with Crippen LogP contribution >= 0.6 is 11.8 Å². The summed E-state index contributed by atoms with van der Waals surface area (Å²) < 4.78 is 0. The molecule has 4 rings (SSSR count). The van der Waals surface area contributed by atoms with Gasteiger partial charge in [0.15, 0.2) is 0 Å². The first-order chi connectivity index (χ1) is 13.5. The zero-order valence-corrected chi connectivity index (χ0v) is 17.6. The van der Waals surface area contributed by atoms with Crippen LogP contribution < -0.4 is 11.1 Å². The van der Waals surface area contributed by atoms with Gasteiger partial charge in [0.05, 0.1) is 11.6 Å². The highest BCUT2D eigenvalue weighted by molar-refractivity contribution is 7.99. The second-order valence-electron chi connectivity index (χ2n) is 7.83. The Balaban J connectivity index is 1.70. The molecule has 1 atom stereocenters. The minimum Gasteiger partial charge on any atom is -0.399 e. The van der Waals surface area contributed by atoms with E-state index >= 15 is 0 Å². The first kappa shape index (κ1) is 19.1. The summed E-state index contributed by atoms with van der Waals surface area (Å²) in [5, 5.41) is 4.72. The lowest BCUT2D eigenvalue weighted by Gasteiger charge is -2.23. The molecule has 0 amide bonds. The molecule has 0 bridgehead atoms. The lowest BCUT2D eigenvalue weighted by atomic mass is 9.92. The van der Waals surface area contributed by atoms with Gasteiger partial charge in [-0.25, -0.2) is 9.97 Å². The number of aromatic nitrogens is 2. The van der Waals surface area contributed by atoms with Crippen molar-refractivity contribution < 1.29 is 0 Å². The Morgan fingerprint density at radius 3 is 2.61 bits per heavy atom. The molecule has 4 nitrogen and oxygen atoms in total. The number of nitrogen functional groups attached to an aromatic ring is 1. The van der Waals surface area contributed by atoms with Gasteiger partial charge in [0.2, 0.25) is 0 Å². The molecule has 2 heterocycles. The van der Waals surface area contributed by atoms with E-state index in [1.54, 1.807) is 0 Å². The van der Waals surface area contributed by atoms with Crippen molar-refractivity contribution in [2.75, 3.05) is 22.6 Å². The third-order valence-corrected chi connectivity index (χ3v) is 6.55. The number of anilines is 2. The number of aryl methyl sites for hydroxylation is 2. The Labute approximate surface area is 171 Å². The summed E-state index contributed by atoms with van der Waals surface area (Å²) in [6, 6.07) is 13.0. The van der Waals surface area contributed by atoms with Crippen molar-refractivity contribution in [2.24, 2.45) is 0 Å². The molecule has 2 aromatic carbocycles. The summed E-state index contributed by atoms with van der Waals surface area (Å²) in [6.07, 6.45) is 2.51. The van der Waals surface area contributed by atoms with Gasteiger partial charge < -0.3 is 11.1 Å².